The molecule has 12 nitrogen and oxygen atoms in total. The summed E-state index contributed by atoms with van der Waals surface area (Å²) in [7, 11) is -2.34. The summed E-state index contributed by atoms with van der Waals surface area (Å²) in [6.45, 7) is 5.84. The van der Waals surface area contributed by atoms with E-state index in [1.165, 1.54) is 11.0 Å². The van der Waals surface area contributed by atoms with Gasteiger partial charge in [-0.3, -0.25) is 19.1 Å². The van der Waals surface area contributed by atoms with Gasteiger partial charge >= 0.3 is 6.09 Å². The lowest BCUT2D eigenvalue weighted by atomic mass is 9.70. The monoisotopic (exact) mass is 774 g/mol. The number of amides is 4. The first-order chi connectivity index (χ1) is 26.3. The fraction of sp³-hybridized carbons (Fsp3) is 0.571. The zero-order valence-electron chi connectivity index (χ0n) is 31.9. The van der Waals surface area contributed by atoms with E-state index in [0.717, 1.165) is 61.6 Å². The van der Waals surface area contributed by atoms with Crippen molar-refractivity contribution in [2.24, 2.45) is 11.3 Å². The third-order valence-electron chi connectivity index (χ3n) is 12.8. The summed E-state index contributed by atoms with van der Waals surface area (Å²) in [6, 6.07) is 15.7. The Morgan fingerprint density at radius 1 is 0.891 bits per heavy atom. The Morgan fingerprint density at radius 3 is 2.15 bits per heavy atom. The molecular weight excluding hydrogens is 721 g/mol. The lowest BCUT2D eigenvalue weighted by Gasteiger charge is -2.42. The van der Waals surface area contributed by atoms with E-state index in [1.54, 1.807) is 7.11 Å². The highest BCUT2D eigenvalue weighted by Crippen LogP contribution is 2.47. The molecule has 1 aliphatic heterocycles. The van der Waals surface area contributed by atoms with Gasteiger partial charge in [0, 0.05) is 19.4 Å². The molecule has 3 N–H and O–H groups in total. The van der Waals surface area contributed by atoms with Crippen molar-refractivity contribution in [3.8, 4) is 11.1 Å². The van der Waals surface area contributed by atoms with Crippen LogP contribution in [-0.2, 0) is 39.5 Å². The standard InChI is InChI=1S/C42H54N4O8S/c1-4-30-25-42(30,38(49)45-55(51,52)33-21-22-33)44-36(47)34-26-41(53-3,31-19-17-29(18-20-31)28-13-7-5-8-14-28)27-46(34)37(48)35(40(2)23-11-6-12-24-40)43-39(50)54-32-15-9-10-16-32/h4-5,7-8,13-14,17-20,30,32-35H,1,6,9-12,15-16,21-27H2,2-3H3,(H,43,50)(H,44,47)(H,45,49)/t30-,34+,35-,41+,42-/m1/s1. The highest BCUT2D eigenvalue weighted by molar-refractivity contribution is 7.91. The number of methoxy groups -OCH3 is 1. The Morgan fingerprint density at radius 2 is 1.55 bits per heavy atom. The van der Waals surface area contributed by atoms with Crippen molar-refractivity contribution in [1.82, 2.24) is 20.3 Å². The average Bonchev–Trinajstić information content (AvgIpc) is 4.07. The van der Waals surface area contributed by atoms with E-state index in [0.29, 0.717) is 25.7 Å². The van der Waals surface area contributed by atoms with Gasteiger partial charge in [-0.05, 0) is 79.9 Å². The Hall–Kier alpha value is -4.23. The number of nitrogens with one attached hydrogen (secondary N) is 3. The number of ether oxygens (including phenoxy) is 2. The van der Waals surface area contributed by atoms with Gasteiger partial charge < -0.3 is 25.0 Å². The number of hydrogen-bond acceptors (Lipinski definition) is 8. The van der Waals surface area contributed by atoms with Crippen molar-refractivity contribution in [3.05, 3.63) is 72.8 Å². The Kier molecular flexibility index (Phi) is 10.9. The maximum Gasteiger partial charge on any atom is 0.408 e. The number of hydrogen-bond donors (Lipinski definition) is 3. The van der Waals surface area contributed by atoms with E-state index in [-0.39, 0.29) is 25.5 Å². The first kappa shape index (κ1) is 39.0. The third-order valence-corrected chi connectivity index (χ3v) is 14.7. The third kappa shape index (κ3) is 7.92. The normalized spacial score (nSPS) is 28.1. The molecule has 4 aliphatic carbocycles. The van der Waals surface area contributed by atoms with Crippen molar-refractivity contribution in [1.29, 1.82) is 0 Å². The lowest BCUT2D eigenvalue weighted by Crippen LogP contribution is -2.61. The summed E-state index contributed by atoms with van der Waals surface area (Å²) in [5, 5.41) is 5.23. The molecule has 2 aromatic carbocycles. The molecule has 1 saturated heterocycles. The summed E-state index contributed by atoms with van der Waals surface area (Å²) < 4.78 is 39.9. The van der Waals surface area contributed by atoms with Gasteiger partial charge in [0.1, 0.15) is 29.3 Å². The minimum Gasteiger partial charge on any atom is -0.446 e. The van der Waals surface area contributed by atoms with Crippen LogP contribution >= 0.6 is 0 Å². The first-order valence-electron chi connectivity index (χ1n) is 19.8. The van der Waals surface area contributed by atoms with E-state index < -0.39 is 73.6 Å². The smallest absolute Gasteiger partial charge is 0.408 e. The Balaban J connectivity index is 1.22. The molecular formula is C42H54N4O8S. The highest BCUT2D eigenvalue weighted by atomic mass is 32.2. The van der Waals surface area contributed by atoms with Crippen molar-refractivity contribution in [3.63, 3.8) is 0 Å². The minimum atomic E-state index is -3.90. The fourth-order valence-electron chi connectivity index (χ4n) is 9.09. The molecule has 0 bridgehead atoms. The van der Waals surface area contributed by atoms with Gasteiger partial charge in [0.25, 0.3) is 5.91 Å². The van der Waals surface area contributed by atoms with E-state index in [4.69, 9.17) is 9.47 Å². The van der Waals surface area contributed by atoms with Crippen LogP contribution < -0.4 is 15.4 Å². The Labute approximate surface area is 324 Å². The number of nitrogens with zero attached hydrogens (tertiary/aromatic N) is 1. The van der Waals surface area contributed by atoms with Crippen LogP contribution in [0.15, 0.2) is 67.3 Å². The summed E-state index contributed by atoms with van der Waals surface area (Å²) in [5.41, 5.74) is -0.484. The number of alkyl carbamates (subject to hydrolysis) is 1. The van der Waals surface area contributed by atoms with E-state index in [9.17, 15) is 22.8 Å². The molecule has 0 spiro atoms. The molecule has 0 unspecified atom stereocenters. The molecule has 1 heterocycles. The van der Waals surface area contributed by atoms with Crippen molar-refractivity contribution >= 4 is 33.8 Å². The second-order valence-corrected chi connectivity index (χ2v) is 18.6. The van der Waals surface area contributed by atoms with Crippen LogP contribution in [0.3, 0.4) is 0 Å². The quantitative estimate of drug-likeness (QED) is 0.226. The summed E-state index contributed by atoms with van der Waals surface area (Å²) in [5.74, 6) is -2.36. The van der Waals surface area contributed by atoms with E-state index in [1.807, 2.05) is 61.5 Å². The van der Waals surface area contributed by atoms with Crippen LogP contribution in [-0.4, -0.2) is 79.8 Å². The van der Waals surface area contributed by atoms with Crippen LogP contribution in [0.2, 0.25) is 0 Å². The van der Waals surface area contributed by atoms with Crippen LogP contribution in [0.4, 0.5) is 4.79 Å². The van der Waals surface area contributed by atoms with Gasteiger partial charge in [-0.1, -0.05) is 86.9 Å². The molecule has 5 fully saturated rings. The first-order valence-corrected chi connectivity index (χ1v) is 21.4. The van der Waals surface area contributed by atoms with E-state index in [2.05, 4.69) is 21.9 Å². The van der Waals surface area contributed by atoms with Gasteiger partial charge in [-0.2, -0.15) is 0 Å². The number of benzene rings is 2. The summed E-state index contributed by atoms with van der Waals surface area (Å²) in [4.78, 5) is 58.5. The van der Waals surface area contributed by atoms with Gasteiger partial charge in [0.15, 0.2) is 0 Å². The number of likely N-dealkylation sites (tertiary alicyclic amines) is 1. The number of carbonyl (C=O) groups excluding carboxylic acids is 4. The molecule has 0 aromatic heterocycles. The molecule has 0 radical (unpaired) electrons. The Bertz CT molecular complexity index is 1890. The van der Waals surface area contributed by atoms with Gasteiger partial charge in [-0.15, -0.1) is 6.58 Å². The lowest BCUT2D eigenvalue weighted by molar-refractivity contribution is -0.144. The molecule has 7 rings (SSSR count). The van der Waals surface area contributed by atoms with Crippen molar-refractivity contribution < 1.29 is 37.1 Å². The number of sulfonamides is 1. The second-order valence-electron chi connectivity index (χ2n) is 16.6. The maximum atomic E-state index is 15.2. The van der Waals surface area contributed by atoms with Crippen molar-refractivity contribution in [2.75, 3.05) is 13.7 Å². The summed E-state index contributed by atoms with van der Waals surface area (Å²) >= 11 is 0. The maximum absolute atomic E-state index is 15.2. The summed E-state index contributed by atoms with van der Waals surface area (Å²) in [6.07, 6.45) is 9.57. The SMILES string of the molecule is C=C[C@@H]1C[C@]1(NC(=O)[C@@H]1C[C@@](OC)(c2ccc(-c3ccccc3)cc2)CN1C(=O)[C@@H](NC(=O)OC1CCCC1)C1(C)CCCCC1)C(=O)NS(=O)(=O)C1CC1. The predicted octanol–water partition coefficient (Wildman–Crippen LogP) is 5.47. The molecule has 55 heavy (non-hydrogen) atoms. The predicted molar refractivity (Wildman–Crippen MR) is 207 cm³/mol. The van der Waals surface area contributed by atoms with E-state index >= 15 is 4.79 Å². The topological polar surface area (TPSA) is 160 Å². The second kappa shape index (κ2) is 15.4. The fourth-order valence-corrected chi connectivity index (χ4v) is 10.5. The largest absolute Gasteiger partial charge is 0.446 e. The van der Waals surface area contributed by atoms with Crippen molar-refractivity contribution in [2.45, 2.75) is 125 Å². The van der Waals surface area contributed by atoms with Gasteiger partial charge in [-0.25, -0.2) is 13.2 Å². The van der Waals surface area contributed by atoms with Crippen LogP contribution in [0.25, 0.3) is 11.1 Å². The highest BCUT2D eigenvalue weighted by Gasteiger charge is 2.63. The molecule has 5 atom stereocenters. The number of rotatable bonds is 13. The zero-order valence-corrected chi connectivity index (χ0v) is 32.7. The number of carbonyl (C=O) groups is 4. The minimum absolute atomic E-state index is 0.00280. The molecule has 13 heteroatoms. The van der Waals surface area contributed by atoms with Crippen LogP contribution in [0.5, 0.6) is 0 Å². The molecule has 296 valence electrons. The van der Waals surface area contributed by atoms with Crippen LogP contribution in [0, 0.1) is 11.3 Å². The van der Waals surface area contributed by atoms with Crippen LogP contribution in [0.1, 0.15) is 96.0 Å². The van der Waals surface area contributed by atoms with Gasteiger partial charge in [0.2, 0.25) is 21.8 Å². The molecule has 4 amide bonds. The van der Waals surface area contributed by atoms with Gasteiger partial charge in [0.05, 0.1) is 11.8 Å². The average molecular weight is 775 g/mol. The molecule has 4 saturated carbocycles. The molecule has 2 aromatic rings. The zero-order chi connectivity index (χ0) is 39.0. The molecule has 5 aliphatic rings.